The second kappa shape index (κ2) is 8.71. The van der Waals surface area contributed by atoms with Gasteiger partial charge in [-0.3, -0.25) is 14.9 Å². The molecule has 0 spiro atoms. The molecule has 1 N–H and O–H groups in total. The maximum Gasteiger partial charge on any atom is 0.401 e. The lowest BCUT2D eigenvalue weighted by Gasteiger charge is -2.43. The Hall–Kier alpha value is -2.77. The van der Waals surface area contributed by atoms with Crippen LogP contribution in [0.2, 0.25) is 0 Å². The van der Waals surface area contributed by atoms with Gasteiger partial charge in [-0.1, -0.05) is 49.4 Å². The minimum Gasteiger partial charge on any atom is -0.378 e. The van der Waals surface area contributed by atoms with Crippen molar-refractivity contribution >= 4 is 0 Å². The molecule has 0 bridgehead atoms. The van der Waals surface area contributed by atoms with Crippen LogP contribution >= 0.6 is 0 Å². The molecule has 2 aromatic heterocycles. The van der Waals surface area contributed by atoms with E-state index in [0.29, 0.717) is 16.7 Å². The SMILES string of the molecule is CCN(CC(F)(F)F)C(c1ccccc1)C(O)(c1cccnc1)c1cccnc1. The minimum absolute atomic E-state index is 0.0852. The fourth-order valence-corrected chi connectivity index (χ4v) is 3.63. The van der Waals surface area contributed by atoms with Crippen LogP contribution in [0.15, 0.2) is 79.4 Å². The van der Waals surface area contributed by atoms with Gasteiger partial charge in [0.15, 0.2) is 0 Å². The van der Waals surface area contributed by atoms with E-state index in [2.05, 4.69) is 9.97 Å². The Kier molecular flexibility index (Phi) is 6.30. The van der Waals surface area contributed by atoms with Crippen LogP contribution in [-0.2, 0) is 5.60 Å². The number of nitrogens with zero attached hydrogens (tertiary/aromatic N) is 3. The standard InChI is InChI=1S/C22H22F3N3O/c1-2-28(16-21(23,24)25)20(17-8-4-3-5-9-17)22(29,18-10-6-12-26-14-18)19-11-7-13-27-15-19/h3-15,20,29H,2,16H2,1H3. The second-order valence-corrected chi connectivity index (χ2v) is 6.74. The van der Waals surface area contributed by atoms with Crippen LogP contribution in [0.5, 0.6) is 0 Å². The van der Waals surface area contributed by atoms with Gasteiger partial charge in [0.25, 0.3) is 0 Å². The van der Waals surface area contributed by atoms with E-state index < -0.39 is 24.4 Å². The zero-order chi connectivity index (χ0) is 20.9. The summed E-state index contributed by atoms with van der Waals surface area (Å²) in [4.78, 5) is 9.41. The van der Waals surface area contributed by atoms with E-state index >= 15 is 0 Å². The van der Waals surface area contributed by atoms with E-state index in [0.717, 1.165) is 0 Å². The van der Waals surface area contributed by atoms with Crippen LogP contribution in [0.1, 0.15) is 29.7 Å². The van der Waals surface area contributed by atoms with E-state index in [9.17, 15) is 18.3 Å². The molecule has 152 valence electrons. The Morgan fingerprint density at radius 2 is 1.45 bits per heavy atom. The molecule has 2 heterocycles. The Morgan fingerprint density at radius 1 is 0.897 bits per heavy atom. The monoisotopic (exact) mass is 401 g/mol. The molecule has 4 nitrogen and oxygen atoms in total. The lowest BCUT2D eigenvalue weighted by atomic mass is 9.77. The molecule has 29 heavy (non-hydrogen) atoms. The summed E-state index contributed by atoms with van der Waals surface area (Å²) < 4.78 is 40.2. The van der Waals surface area contributed by atoms with Gasteiger partial charge in [0.1, 0.15) is 5.60 Å². The predicted octanol–water partition coefficient (Wildman–Crippen LogP) is 4.34. The minimum atomic E-state index is -4.42. The number of pyridine rings is 2. The average Bonchev–Trinajstić information content (AvgIpc) is 2.74. The number of halogens is 3. The third-order valence-corrected chi connectivity index (χ3v) is 4.87. The first kappa shape index (κ1) is 21.0. The Morgan fingerprint density at radius 3 is 1.86 bits per heavy atom. The summed E-state index contributed by atoms with van der Waals surface area (Å²) in [6.07, 6.45) is 1.64. The second-order valence-electron chi connectivity index (χ2n) is 6.74. The summed E-state index contributed by atoms with van der Waals surface area (Å²) in [6, 6.07) is 14.3. The fourth-order valence-electron chi connectivity index (χ4n) is 3.63. The maximum atomic E-state index is 13.4. The molecule has 0 amide bonds. The van der Waals surface area contributed by atoms with Crippen molar-refractivity contribution in [3.63, 3.8) is 0 Å². The molecule has 3 aromatic rings. The summed E-state index contributed by atoms with van der Waals surface area (Å²) in [5.41, 5.74) is -0.454. The summed E-state index contributed by atoms with van der Waals surface area (Å²) in [5, 5.41) is 12.1. The molecule has 0 aliphatic carbocycles. The van der Waals surface area contributed by atoms with Crippen molar-refractivity contribution in [3.05, 3.63) is 96.1 Å². The highest BCUT2D eigenvalue weighted by molar-refractivity contribution is 5.39. The number of hydrogen-bond donors (Lipinski definition) is 1. The van der Waals surface area contributed by atoms with E-state index in [1.165, 1.54) is 17.3 Å². The molecule has 0 radical (unpaired) electrons. The number of hydrogen-bond acceptors (Lipinski definition) is 4. The predicted molar refractivity (Wildman–Crippen MR) is 104 cm³/mol. The van der Waals surface area contributed by atoms with Gasteiger partial charge in [0.2, 0.25) is 0 Å². The van der Waals surface area contributed by atoms with Crippen LogP contribution in [-0.4, -0.2) is 39.2 Å². The van der Waals surface area contributed by atoms with Gasteiger partial charge >= 0.3 is 6.18 Å². The Labute approximate surface area is 167 Å². The van der Waals surface area contributed by atoms with Crippen molar-refractivity contribution in [2.45, 2.75) is 24.7 Å². The molecule has 1 atom stereocenters. The van der Waals surface area contributed by atoms with Crippen molar-refractivity contribution < 1.29 is 18.3 Å². The van der Waals surface area contributed by atoms with E-state index in [1.54, 1.807) is 73.9 Å². The highest BCUT2D eigenvalue weighted by Gasteiger charge is 2.47. The van der Waals surface area contributed by atoms with Crippen LogP contribution in [0.4, 0.5) is 13.2 Å². The number of benzene rings is 1. The van der Waals surface area contributed by atoms with Gasteiger partial charge < -0.3 is 5.11 Å². The number of likely N-dealkylation sites (N-methyl/N-ethyl adjacent to an activating group) is 1. The highest BCUT2D eigenvalue weighted by atomic mass is 19.4. The molecule has 1 aromatic carbocycles. The lowest BCUT2D eigenvalue weighted by Crippen LogP contribution is -2.48. The van der Waals surface area contributed by atoms with Crippen molar-refractivity contribution in [2.75, 3.05) is 13.1 Å². The van der Waals surface area contributed by atoms with Gasteiger partial charge in [-0.2, -0.15) is 13.2 Å². The first-order chi connectivity index (χ1) is 13.9. The molecule has 0 saturated heterocycles. The Bertz CT molecular complexity index is 850. The molecular weight excluding hydrogens is 379 g/mol. The first-order valence-corrected chi connectivity index (χ1v) is 9.25. The van der Waals surface area contributed by atoms with Crippen molar-refractivity contribution in [1.29, 1.82) is 0 Å². The van der Waals surface area contributed by atoms with Gasteiger partial charge in [-0.25, -0.2) is 0 Å². The van der Waals surface area contributed by atoms with Crippen LogP contribution in [0, 0.1) is 0 Å². The average molecular weight is 401 g/mol. The van der Waals surface area contributed by atoms with Crippen LogP contribution in [0.3, 0.4) is 0 Å². The zero-order valence-corrected chi connectivity index (χ0v) is 15.9. The lowest BCUT2D eigenvalue weighted by molar-refractivity contribution is -0.161. The first-order valence-electron chi connectivity index (χ1n) is 9.25. The topological polar surface area (TPSA) is 49.2 Å². The van der Waals surface area contributed by atoms with Crippen molar-refractivity contribution in [3.8, 4) is 0 Å². The number of alkyl halides is 3. The molecule has 1 unspecified atom stereocenters. The highest BCUT2D eigenvalue weighted by Crippen LogP contribution is 2.44. The fraction of sp³-hybridized carbons (Fsp3) is 0.273. The molecule has 0 fully saturated rings. The molecule has 3 rings (SSSR count). The molecule has 0 saturated carbocycles. The zero-order valence-electron chi connectivity index (χ0n) is 15.9. The van der Waals surface area contributed by atoms with Crippen molar-refractivity contribution in [2.24, 2.45) is 0 Å². The van der Waals surface area contributed by atoms with Gasteiger partial charge in [0, 0.05) is 35.9 Å². The third-order valence-electron chi connectivity index (χ3n) is 4.87. The van der Waals surface area contributed by atoms with Gasteiger partial charge in [-0.05, 0) is 24.2 Å². The van der Waals surface area contributed by atoms with Crippen LogP contribution in [0.25, 0.3) is 0 Å². The number of rotatable bonds is 7. The van der Waals surface area contributed by atoms with E-state index in [-0.39, 0.29) is 6.54 Å². The summed E-state index contributed by atoms with van der Waals surface area (Å²) in [6.45, 7) is 0.572. The van der Waals surface area contributed by atoms with E-state index in [4.69, 9.17) is 0 Å². The quantitative estimate of drug-likeness (QED) is 0.640. The normalized spacial score (nSPS) is 13.4. The van der Waals surface area contributed by atoms with Crippen LogP contribution < -0.4 is 0 Å². The molecule has 7 heteroatoms. The number of aromatic nitrogens is 2. The van der Waals surface area contributed by atoms with Gasteiger partial charge in [-0.15, -0.1) is 0 Å². The summed E-state index contributed by atoms with van der Waals surface area (Å²) >= 11 is 0. The third kappa shape index (κ3) is 4.63. The molecular formula is C22H22F3N3O. The largest absolute Gasteiger partial charge is 0.401 e. The molecule has 0 aliphatic rings. The van der Waals surface area contributed by atoms with Gasteiger partial charge in [0.05, 0.1) is 12.6 Å². The summed E-state index contributed by atoms with van der Waals surface area (Å²) in [7, 11) is 0. The number of aliphatic hydroxyl groups is 1. The van der Waals surface area contributed by atoms with E-state index in [1.807, 2.05) is 0 Å². The van der Waals surface area contributed by atoms with Crippen molar-refractivity contribution in [1.82, 2.24) is 14.9 Å². The smallest absolute Gasteiger partial charge is 0.378 e. The maximum absolute atomic E-state index is 13.4. The summed E-state index contributed by atoms with van der Waals surface area (Å²) in [5.74, 6) is 0. The molecule has 0 aliphatic heterocycles. The Balaban J connectivity index is 2.26.